The summed E-state index contributed by atoms with van der Waals surface area (Å²) in [6, 6.07) is 16.5. The van der Waals surface area contributed by atoms with Gasteiger partial charge < -0.3 is 24.6 Å². The number of nitrogens with zero attached hydrogens (tertiary/aromatic N) is 4. The maximum absolute atomic E-state index is 13.1. The molecule has 3 heterocycles. The lowest BCUT2D eigenvalue weighted by Crippen LogP contribution is -2.50. The summed E-state index contributed by atoms with van der Waals surface area (Å²) in [4.78, 5) is 38.9. The molecule has 10 nitrogen and oxygen atoms in total. The van der Waals surface area contributed by atoms with Gasteiger partial charge >= 0.3 is 5.97 Å². The van der Waals surface area contributed by atoms with Crippen LogP contribution in [-0.2, 0) is 29.1 Å². The van der Waals surface area contributed by atoms with Crippen LogP contribution in [0.3, 0.4) is 0 Å². The Morgan fingerprint density at radius 1 is 1.04 bits per heavy atom. The summed E-state index contributed by atoms with van der Waals surface area (Å²) in [6.45, 7) is 12.8. The quantitative estimate of drug-likeness (QED) is 0.172. The minimum Gasteiger partial charge on any atom is -0.503 e. The molecule has 0 bridgehead atoms. The highest BCUT2D eigenvalue weighted by molar-refractivity contribution is 7.14. The molecular formula is C36H45ClFN5O5S. The molecule has 264 valence electrons. The number of hydrogen-bond acceptors (Lipinski definition) is 9. The van der Waals surface area contributed by atoms with E-state index >= 15 is 0 Å². The van der Waals surface area contributed by atoms with Gasteiger partial charge in [-0.3, -0.25) is 14.4 Å². The van der Waals surface area contributed by atoms with Crippen molar-refractivity contribution in [1.29, 1.82) is 0 Å². The molecule has 1 aliphatic rings. The maximum Gasteiger partial charge on any atom is 0.306 e. The fourth-order valence-corrected chi connectivity index (χ4v) is 6.50. The van der Waals surface area contributed by atoms with Gasteiger partial charge in [0.2, 0.25) is 5.43 Å². The molecule has 0 aliphatic carbocycles. The van der Waals surface area contributed by atoms with Crippen molar-refractivity contribution >= 4 is 35.6 Å². The van der Waals surface area contributed by atoms with Crippen molar-refractivity contribution in [3.8, 4) is 16.3 Å². The Bertz CT molecular complexity index is 1750. The third-order valence-corrected chi connectivity index (χ3v) is 8.75. The molecule has 0 fully saturated rings. The first-order chi connectivity index (χ1) is 22.8. The van der Waals surface area contributed by atoms with Crippen LogP contribution in [0.5, 0.6) is 5.75 Å². The lowest BCUT2D eigenvalue weighted by atomic mass is 10.1. The number of esters is 1. The van der Waals surface area contributed by atoms with Crippen LogP contribution in [0.15, 0.2) is 65.6 Å². The van der Waals surface area contributed by atoms with Gasteiger partial charge in [0.15, 0.2) is 16.5 Å². The van der Waals surface area contributed by atoms with Crippen LogP contribution in [0.4, 0.5) is 4.39 Å². The van der Waals surface area contributed by atoms with Gasteiger partial charge in [-0.25, -0.2) is 4.39 Å². The molecule has 2 atom stereocenters. The molecule has 1 aliphatic heterocycles. The Balaban J connectivity index is 0.000000295. The first kappa shape index (κ1) is 39.3. The van der Waals surface area contributed by atoms with Crippen LogP contribution in [0.2, 0.25) is 0 Å². The van der Waals surface area contributed by atoms with Crippen LogP contribution < -0.4 is 10.7 Å². The van der Waals surface area contributed by atoms with Crippen LogP contribution >= 0.6 is 23.7 Å². The average Bonchev–Trinajstić information content (AvgIpc) is 3.50. The van der Waals surface area contributed by atoms with Crippen LogP contribution in [-0.4, -0.2) is 60.8 Å². The Morgan fingerprint density at radius 3 is 2.35 bits per heavy atom. The minimum absolute atomic E-state index is 0. The molecule has 49 heavy (non-hydrogen) atoms. The number of benzene rings is 2. The highest BCUT2D eigenvalue weighted by Gasteiger charge is 2.35. The van der Waals surface area contributed by atoms with E-state index in [0.29, 0.717) is 48.1 Å². The molecule has 0 saturated carbocycles. The molecule has 1 amide bonds. The number of halogens is 2. The number of carbonyl (C=O) groups is 2. The standard InChI is InChI=1S/C21H21FN4O3S.C15H23NO2.ClH/c1-11(2)26-12(3)9-25-10-15(18(27)19(28)17(25)21(26)29)20-24-23-16(30-20)8-13-4-6-14(22)7-5-13;1-12(2)16-13(3)9-10-15(17)18-11-14-7-5-4-6-8-14;/h4-7,10-12,28H,8-9H2,1-3H3;4-8,12-13,16H,9-11H2,1-3H3;1H/t12-;13-;/m11./s1. The number of hydrogen-bond donors (Lipinski definition) is 2. The van der Waals surface area contributed by atoms with Gasteiger partial charge in [-0.1, -0.05) is 67.6 Å². The number of aromatic hydroxyl groups is 1. The maximum atomic E-state index is 13.1. The number of pyridine rings is 1. The van der Waals surface area contributed by atoms with Crippen molar-refractivity contribution in [3.63, 3.8) is 0 Å². The van der Waals surface area contributed by atoms with E-state index in [2.05, 4.69) is 36.3 Å². The topological polar surface area (TPSA) is 127 Å². The van der Waals surface area contributed by atoms with Crippen LogP contribution in [0, 0.1) is 5.82 Å². The number of carbonyl (C=O) groups excluding carboxylic acids is 2. The molecule has 0 saturated heterocycles. The van der Waals surface area contributed by atoms with E-state index in [1.54, 1.807) is 27.8 Å². The summed E-state index contributed by atoms with van der Waals surface area (Å²) in [5.74, 6) is -1.37. The Hall–Kier alpha value is -4.13. The van der Waals surface area contributed by atoms with E-state index in [9.17, 15) is 23.9 Å². The summed E-state index contributed by atoms with van der Waals surface area (Å²) in [6.07, 6.45) is 3.31. The Morgan fingerprint density at radius 2 is 1.71 bits per heavy atom. The second kappa shape index (κ2) is 18.0. The number of amides is 1. The third-order valence-electron chi connectivity index (χ3n) is 7.79. The van der Waals surface area contributed by atoms with E-state index in [4.69, 9.17) is 4.74 Å². The number of nitrogens with one attached hydrogen (secondary N) is 1. The number of rotatable bonds is 11. The van der Waals surface area contributed by atoms with Gasteiger partial charge in [0.25, 0.3) is 5.91 Å². The highest BCUT2D eigenvalue weighted by Crippen LogP contribution is 2.29. The van der Waals surface area contributed by atoms with Gasteiger partial charge in [0, 0.05) is 49.8 Å². The van der Waals surface area contributed by atoms with Crippen molar-refractivity contribution in [2.24, 2.45) is 0 Å². The average molecular weight is 714 g/mol. The Kier molecular flexibility index (Phi) is 14.5. The molecule has 2 aromatic carbocycles. The number of aromatic nitrogens is 3. The first-order valence-electron chi connectivity index (χ1n) is 16.2. The first-order valence-corrected chi connectivity index (χ1v) is 17.0. The number of ether oxygens (including phenoxy) is 1. The van der Waals surface area contributed by atoms with Gasteiger partial charge in [-0.15, -0.1) is 22.6 Å². The van der Waals surface area contributed by atoms with Crippen molar-refractivity contribution in [1.82, 2.24) is 25.0 Å². The summed E-state index contributed by atoms with van der Waals surface area (Å²) in [5, 5.41) is 23.2. The summed E-state index contributed by atoms with van der Waals surface area (Å²) < 4.78 is 19.9. The molecule has 4 aromatic rings. The largest absolute Gasteiger partial charge is 0.503 e. The molecule has 13 heteroatoms. The minimum atomic E-state index is -0.641. The van der Waals surface area contributed by atoms with E-state index in [1.165, 1.54) is 23.5 Å². The molecule has 0 unspecified atom stereocenters. The molecule has 0 radical (unpaired) electrons. The van der Waals surface area contributed by atoms with E-state index < -0.39 is 11.2 Å². The SMILES string of the molecule is CC(C)N1C(=O)c2c(O)c(=O)c(-c3nnc(Cc4ccc(F)cc4)s3)cn2C[C@H]1C.CC(C)N[C@H](C)CCC(=O)OCc1ccccc1.Cl. The molecular weight excluding hydrogens is 669 g/mol. The van der Waals surface area contributed by atoms with Gasteiger partial charge in [-0.2, -0.15) is 0 Å². The lowest BCUT2D eigenvalue weighted by Gasteiger charge is -2.38. The molecule has 2 aromatic heterocycles. The van der Waals surface area contributed by atoms with Gasteiger partial charge in [0.05, 0.1) is 5.56 Å². The summed E-state index contributed by atoms with van der Waals surface area (Å²) >= 11 is 1.23. The van der Waals surface area contributed by atoms with E-state index in [0.717, 1.165) is 17.5 Å². The van der Waals surface area contributed by atoms with Gasteiger partial charge in [-0.05, 0) is 57.4 Å². The smallest absolute Gasteiger partial charge is 0.306 e. The fraction of sp³-hybridized carbons (Fsp3) is 0.417. The predicted octanol–water partition coefficient (Wildman–Crippen LogP) is 6.37. The zero-order valence-corrected chi connectivity index (χ0v) is 30.3. The van der Waals surface area contributed by atoms with Crippen LogP contribution in [0.25, 0.3) is 10.6 Å². The fourth-order valence-electron chi connectivity index (χ4n) is 5.62. The van der Waals surface area contributed by atoms with Crippen molar-refractivity contribution in [2.45, 2.75) is 98.1 Å². The van der Waals surface area contributed by atoms with E-state index in [1.807, 2.05) is 51.1 Å². The van der Waals surface area contributed by atoms with Gasteiger partial charge in [0.1, 0.15) is 17.4 Å². The van der Waals surface area contributed by atoms with Crippen molar-refractivity contribution in [2.75, 3.05) is 0 Å². The lowest BCUT2D eigenvalue weighted by molar-refractivity contribution is -0.145. The second-order valence-corrected chi connectivity index (χ2v) is 13.7. The van der Waals surface area contributed by atoms with Crippen LogP contribution in [0.1, 0.15) is 81.0 Å². The predicted molar refractivity (Wildman–Crippen MR) is 192 cm³/mol. The van der Waals surface area contributed by atoms with E-state index in [-0.39, 0.29) is 53.4 Å². The molecule has 2 N–H and O–H groups in total. The number of fused-ring (bicyclic) bond motifs is 1. The van der Waals surface area contributed by atoms with Crippen molar-refractivity contribution in [3.05, 3.63) is 98.7 Å². The summed E-state index contributed by atoms with van der Waals surface area (Å²) in [5.41, 5.74) is 1.47. The molecule has 0 spiro atoms. The molecule has 5 rings (SSSR count). The highest BCUT2D eigenvalue weighted by atomic mass is 35.5. The normalized spacial score (nSPS) is 14.5. The second-order valence-electron chi connectivity index (χ2n) is 12.6. The monoisotopic (exact) mass is 713 g/mol. The zero-order valence-electron chi connectivity index (χ0n) is 28.7. The third kappa shape index (κ3) is 10.7. The van der Waals surface area contributed by atoms with Crippen molar-refractivity contribution < 1.29 is 23.8 Å². The zero-order chi connectivity index (χ0) is 35.0. The Labute approximate surface area is 296 Å². The summed E-state index contributed by atoms with van der Waals surface area (Å²) in [7, 11) is 0.